The van der Waals surface area contributed by atoms with E-state index in [0.717, 1.165) is 51.4 Å². The minimum absolute atomic E-state index is 0.0809. The highest BCUT2D eigenvalue weighted by Crippen LogP contribution is 2.27. The van der Waals surface area contributed by atoms with Crippen LogP contribution in [-0.2, 0) is 9.59 Å². The zero-order valence-electron chi connectivity index (χ0n) is 31.3. The second-order valence-corrected chi connectivity index (χ2v) is 14.6. The lowest BCUT2D eigenvalue weighted by atomic mass is 9.95. The van der Waals surface area contributed by atoms with Crippen molar-refractivity contribution in [1.82, 2.24) is 0 Å². The van der Waals surface area contributed by atoms with E-state index >= 15 is 0 Å². The molecule has 47 heavy (non-hydrogen) atoms. The van der Waals surface area contributed by atoms with Crippen molar-refractivity contribution in [3.63, 3.8) is 0 Å². The van der Waals surface area contributed by atoms with E-state index in [-0.39, 0.29) is 11.6 Å². The second-order valence-electron chi connectivity index (χ2n) is 13.8. The Morgan fingerprint density at radius 2 is 0.766 bits per heavy atom. The van der Waals surface area contributed by atoms with Crippen molar-refractivity contribution in [3.8, 4) is 0 Å². The number of Topliss-reactive ketones (excluding diaryl/α,β-unsaturated/α-hetero) is 1. The van der Waals surface area contributed by atoms with Gasteiger partial charge in [0.1, 0.15) is 0 Å². The molecule has 0 bridgehead atoms. The van der Waals surface area contributed by atoms with Crippen LogP contribution in [0.4, 0.5) is 0 Å². The number of carbonyl (C=O) groups is 2. The molecular weight excluding hydrogens is 640 g/mol. The maximum atomic E-state index is 12.3. The summed E-state index contributed by atoms with van der Waals surface area (Å²) in [6, 6.07) is 0. The normalized spacial score (nSPS) is 16.7. The summed E-state index contributed by atoms with van der Waals surface area (Å²) in [5.41, 5.74) is 13.4. The lowest BCUT2D eigenvalue weighted by Gasteiger charge is -2.12. The van der Waals surface area contributed by atoms with Crippen LogP contribution in [0.25, 0.3) is 0 Å². The predicted octanol–water partition coefficient (Wildman–Crippen LogP) is 13.8. The molecule has 3 heteroatoms. The van der Waals surface area contributed by atoms with Crippen LogP contribution in [0.5, 0.6) is 0 Å². The predicted molar refractivity (Wildman–Crippen MR) is 211 cm³/mol. The van der Waals surface area contributed by atoms with E-state index < -0.39 is 0 Å². The lowest BCUT2D eigenvalue weighted by molar-refractivity contribution is -0.115. The highest BCUT2D eigenvalue weighted by molar-refractivity contribution is 9.12. The molecule has 0 spiro atoms. The number of hydrogen-bond acceptors (Lipinski definition) is 2. The van der Waals surface area contributed by atoms with Crippen LogP contribution in [0.2, 0.25) is 0 Å². The smallest absolute Gasteiger partial charge is 0.196 e. The van der Waals surface area contributed by atoms with Crippen molar-refractivity contribution in [2.75, 3.05) is 0 Å². The number of hydrogen-bond donors (Lipinski definition) is 0. The molecule has 0 amide bonds. The molecule has 0 unspecified atom stereocenters. The average molecular weight is 702 g/mol. The molecule has 0 aromatic rings. The molecule has 1 aliphatic carbocycles. The van der Waals surface area contributed by atoms with Crippen molar-refractivity contribution < 1.29 is 9.59 Å². The topological polar surface area (TPSA) is 34.1 Å². The second kappa shape index (κ2) is 22.5. The van der Waals surface area contributed by atoms with Gasteiger partial charge < -0.3 is 0 Å². The molecule has 0 radical (unpaired) electrons. The molecule has 0 saturated heterocycles. The van der Waals surface area contributed by atoms with Gasteiger partial charge in [-0.3, -0.25) is 9.59 Å². The third kappa shape index (κ3) is 18.8. The van der Waals surface area contributed by atoms with Crippen molar-refractivity contribution in [2.24, 2.45) is 0 Å². The first-order valence-corrected chi connectivity index (χ1v) is 17.9. The maximum absolute atomic E-state index is 12.3. The van der Waals surface area contributed by atoms with Crippen LogP contribution in [0.3, 0.4) is 0 Å². The van der Waals surface area contributed by atoms with Crippen LogP contribution in [-0.4, -0.2) is 11.6 Å². The van der Waals surface area contributed by atoms with Gasteiger partial charge in [-0.1, -0.05) is 105 Å². The van der Waals surface area contributed by atoms with E-state index in [0.29, 0.717) is 22.0 Å². The van der Waals surface area contributed by atoms with Gasteiger partial charge in [-0.25, -0.2) is 0 Å². The van der Waals surface area contributed by atoms with Crippen LogP contribution >= 0.6 is 15.9 Å². The molecule has 0 fully saturated rings. The molecule has 0 heterocycles. The highest BCUT2D eigenvalue weighted by atomic mass is 79.9. The van der Waals surface area contributed by atoms with Gasteiger partial charge in [0, 0.05) is 11.1 Å². The van der Waals surface area contributed by atoms with Gasteiger partial charge in [0.25, 0.3) is 0 Å². The molecule has 2 nitrogen and oxygen atoms in total. The number of rotatable bonds is 18. The molecule has 0 aromatic carbocycles. The summed E-state index contributed by atoms with van der Waals surface area (Å²) >= 11 is 3.32. The quantitative estimate of drug-likeness (QED) is 0.105. The third-order valence-corrected chi connectivity index (χ3v) is 9.20. The van der Waals surface area contributed by atoms with Crippen LogP contribution in [0.1, 0.15) is 134 Å². The summed E-state index contributed by atoms with van der Waals surface area (Å²) in [6.45, 7) is 23.6. The van der Waals surface area contributed by atoms with Crippen molar-refractivity contribution in [2.45, 2.75) is 134 Å². The first kappa shape index (κ1) is 42.0. The molecule has 0 aromatic heterocycles. The molecule has 0 N–H and O–H groups in total. The Balaban J connectivity index is 2.51. The first-order valence-electron chi connectivity index (χ1n) is 17.1. The van der Waals surface area contributed by atoms with E-state index in [1.54, 1.807) is 6.92 Å². The van der Waals surface area contributed by atoms with Crippen molar-refractivity contribution in [1.29, 1.82) is 0 Å². The summed E-state index contributed by atoms with van der Waals surface area (Å²) < 4.78 is 0.399. The lowest BCUT2D eigenvalue weighted by Crippen LogP contribution is -2.14. The fourth-order valence-electron chi connectivity index (χ4n) is 4.61. The molecule has 0 atom stereocenters. The Bertz CT molecular complexity index is 1460. The monoisotopic (exact) mass is 700 g/mol. The Hall–Kier alpha value is -3.04. The van der Waals surface area contributed by atoms with Gasteiger partial charge in [-0.15, -0.1) is 0 Å². The molecule has 256 valence electrons. The fraction of sp³-hybridized carbons (Fsp3) is 0.455. The van der Waals surface area contributed by atoms with Gasteiger partial charge >= 0.3 is 0 Å². The third-order valence-electron chi connectivity index (χ3n) is 8.36. The highest BCUT2D eigenvalue weighted by Gasteiger charge is 2.23. The van der Waals surface area contributed by atoms with Gasteiger partial charge in [0.15, 0.2) is 11.6 Å². The standard InChI is InChI=1S/C44H61BrO2/c1-31(2)12-13-32(3)14-15-33(4)16-17-34(5)18-19-35(6)20-21-36(7)22-23-37(8)24-25-38(9)26-27-39(10)28-29-41-42(46)30-40(11)44(47)43(41)45/h12,14,16,18,20,22,24,26,28,30H,13,15,17,19,21,23,25,27,29H2,1-11H3/b32-14+,33-16+,34-18+,35-20+,36-22+,37-24+,38-26+,39-28+. The number of halogens is 1. The Morgan fingerprint density at radius 3 is 1.06 bits per heavy atom. The van der Waals surface area contributed by atoms with Gasteiger partial charge in [-0.2, -0.15) is 0 Å². The van der Waals surface area contributed by atoms with Crippen LogP contribution in [0.15, 0.2) is 127 Å². The van der Waals surface area contributed by atoms with E-state index in [1.807, 2.05) is 0 Å². The zero-order valence-corrected chi connectivity index (χ0v) is 32.9. The van der Waals surface area contributed by atoms with Crippen molar-refractivity contribution in [3.05, 3.63) is 127 Å². The van der Waals surface area contributed by atoms with Gasteiger partial charge in [-0.05, 0) is 156 Å². The minimum Gasteiger partial charge on any atom is -0.290 e. The number of carbonyl (C=O) groups excluding carboxylic acids is 2. The summed E-state index contributed by atoms with van der Waals surface area (Å²) in [5.74, 6) is -0.180. The summed E-state index contributed by atoms with van der Waals surface area (Å²) in [7, 11) is 0. The van der Waals surface area contributed by atoms with E-state index in [4.69, 9.17) is 0 Å². The van der Waals surface area contributed by atoms with E-state index in [9.17, 15) is 9.59 Å². The Morgan fingerprint density at radius 1 is 0.489 bits per heavy atom. The van der Waals surface area contributed by atoms with Crippen molar-refractivity contribution >= 4 is 27.5 Å². The molecule has 1 aliphatic rings. The van der Waals surface area contributed by atoms with E-state index in [1.165, 1.54) is 56.2 Å². The summed E-state index contributed by atoms with van der Waals surface area (Å²) in [4.78, 5) is 24.5. The molecular formula is C44H61BrO2. The Kier molecular flexibility index (Phi) is 20.1. The van der Waals surface area contributed by atoms with Crippen LogP contribution < -0.4 is 0 Å². The molecule has 1 rings (SSSR count). The van der Waals surface area contributed by atoms with Gasteiger partial charge in [0.2, 0.25) is 0 Å². The summed E-state index contributed by atoms with van der Waals surface area (Å²) in [6.07, 6.45) is 30.5. The SMILES string of the molecule is CC(C)=CC/C(C)=C/C/C(C)=C/C/C(C)=C/C/C(C)=C/C/C(C)=C/C/C(C)=C/C/C(C)=C/C/C(C)=C/CC1=C(Br)C(=O)C(C)=CC1=O. The zero-order chi connectivity index (χ0) is 35.5. The average Bonchev–Trinajstić information content (AvgIpc) is 3.02. The number of allylic oxidation sites excluding steroid dienone is 22. The van der Waals surface area contributed by atoms with Crippen LogP contribution in [0, 0.1) is 0 Å². The fourth-order valence-corrected chi connectivity index (χ4v) is 5.28. The molecule has 0 saturated carbocycles. The molecule has 0 aliphatic heterocycles. The summed E-state index contributed by atoms with van der Waals surface area (Å²) in [5, 5.41) is 0. The van der Waals surface area contributed by atoms with Gasteiger partial charge in [0.05, 0.1) is 4.48 Å². The minimum atomic E-state index is -0.0992. The maximum Gasteiger partial charge on any atom is 0.196 e. The first-order chi connectivity index (χ1) is 22.1. The number of ketones is 2. The largest absolute Gasteiger partial charge is 0.290 e. The Labute approximate surface area is 296 Å². The van der Waals surface area contributed by atoms with E-state index in [2.05, 4.69) is 140 Å².